The number of nitrogens with zero attached hydrogens (tertiary/aromatic N) is 1. The first-order valence-electron chi connectivity index (χ1n) is 6.96. The van der Waals surface area contributed by atoms with Crippen LogP contribution in [0.5, 0.6) is 11.5 Å². The van der Waals surface area contributed by atoms with Gasteiger partial charge in [0.15, 0.2) is 11.5 Å². The molecule has 0 saturated heterocycles. The van der Waals surface area contributed by atoms with Crippen LogP contribution in [0.2, 0.25) is 0 Å². The van der Waals surface area contributed by atoms with Crippen molar-refractivity contribution in [1.29, 1.82) is 0 Å². The van der Waals surface area contributed by atoms with Gasteiger partial charge in [-0.05, 0) is 46.3 Å². The first-order chi connectivity index (χ1) is 11.7. The number of methoxy groups -OCH3 is 2. The quantitative estimate of drug-likeness (QED) is 0.758. The minimum atomic E-state index is -3.96. The molecule has 7 nitrogen and oxygen atoms in total. The Bertz CT molecular complexity index is 913. The minimum Gasteiger partial charge on any atom is -0.493 e. The van der Waals surface area contributed by atoms with E-state index in [4.69, 9.17) is 14.6 Å². The number of anilines is 1. The highest BCUT2D eigenvalue weighted by Crippen LogP contribution is 2.33. The summed E-state index contributed by atoms with van der Waals surface area (Å²) in [5, 5.41) is 9.17. The minimum absolute atomic E-state index is 0.134. The Labute approximate surface area is 154 Å². The van der Waals surface area contributed by atoms with Gasteiger partial charge in [0.05, 0.1) is 30.4 Å². The van der Waals surface area contributed by atoms with Crippen molar-refractivity contribution >= 4 is 37.6 Å². The third-order valence-electron chi connectivity index (χ3n) is 3.56. The molecule has 0 spiro atoms. The number of halogens is 1. The Balaban J connectivity index is 2.49. The Morgan fingerprint density at radius 2 is 1.72 bits per heavy atom. The van der Waals surface area contributed by atoms with Gasteiger partial charge in [0, 0.05) is 17.6 Å². The van der Waals surface area contributed by atoms with Crippen LogP contribution in [0.4, 0.5) is 5.69 Å². The maximum absolute atomic E-state index is 12.8. The van der Waals surface area contributed by atoms with Crippen LogP contribution in [0, 0.1) is 0 Å². The molecular formula is C16H16BrNO6S. The van der Waals surface area contributed by atoms with Gasteiger partial charge in [-0.3, -0.25) is 4.31 Å². The molecule has 9 heteroatoms. The van der Waals surface area contributed by atoms with E-state index in [9.17, 15) is 13.2 Å². The highest BCUT2D eigenvalue weighted by atomic mass is 79.9. The molecule has 0 aliphatic carbocycles. The van der Waals surface area contributed by atoms with Gasteiger partial charge in [-0.25, -0.2) is 13.2 Å². The highest BCUT2D eigenvalue weighted by molar-refractivity contribution is 9.10. The van der Waals surface area contributed by atoms with Crippen LogP contribution < -0.4 is 13.8 Å². The highest BCUT2D eigenvalue weighted by Gasteiger charge is 2.24. The molecule has 0 aliphatic rings. The Kier molecular flexibility index (Phi) is 5.58. The molecule has 2 aromatic rings. The topological polar surface area (TPSA) is 93.1 Å². The van der Waals surface area contributed by atoms with Crippen LogP contribution >= 0.6 is 15.9 Å². The predicted octanol–water partition coefficient (Wildman–Crippen LogP) is 2.99. The maximum atomic E-state index is 12.8. The maximum Gasteiger partial charge on any atom is 0.336 e. The smallest absolute Gasteiger partial charge is 0.336 e. The van der Waals surface area contributed by atoms with Crippen LogP contribution in [0.1, 0.15) is 10.4 Å². The molecule has 0 heterocycles. The summed E-state index contributed by atoms with van der Waals surface area (Å²) < 4.78 is 37.3. The Morgan fingerprint density at radius 3 is 2.28 bits per heavy atom. The number of hydrogen-bond donors (Lipinski definition) is 1. The van der Waals surface area contributed by atoms with Gasteiger partial charge in [-0.15, -0.1) is 0 Å². The summed E-state index contributed by atoms with van der Waals surface area (Å²) in [6.07, 6.45) is 0. The summed E-state index contributed by atoms with van der Waals surface area (Å²) in [4.78, 5) is 11.1. The zero-order valence-corrected chi connectivity index (χ0v) is 16.1. The number of carboxylic acids is 1. The average Bonchev–Trinajstić information content (AvgIpc) is 2.60. The van der Waals surface area contributed by atoms with E-state index in [1.165, 1.54) is 39.5 Å². The first kappa shape index (κ1) is 19.1. The van der Waals surface area contributed by atoms with Gasteiger partial charge < -0.3 is 14.6 Å². The number of rotatable bonds is 6. The molecule has 1 N–H and O–H groups in total. The fourth-order valence-corrected chi connectivity index (χ4v) is 3.78. The molecule has 2 rings (SSSR count). The van der Waals surface area contributed by atoms with Gasteiger partial charge >= 0.3 is 5.97 Å². The SMILES string of the molecule is COc1ccc(N(C)S(=O)(=O)c2ccc(Br)c(C(=O)O)c2)cc1OC. The second-order valence-electron chi connectivity index (χ2n) is 4.96. The lowest BCUT2D eigenvalue weighted by Gasteiger charge is -2.21. The predicted molar refractivity (Wildman–Crippen MR) is 96.2 cm³/mol. The van der Waals surface area contributed by atoms with E-state index in [1.54, 1.807) is 12.1 Å². The van der Waals surface area contributed by atoms with E-state index < -0.39 is 16.0 Å². The van der Waals surface area contributed by atoms with Gasteiger partial charge in [-0.2, -0.15) is 0 Å². The van der Waals surface area contributed by atoms with E-state index in [0.29, 0.717) is 21.7 Å². The molecule has 0 amide bonds. The van der Waals surface area contributed by atoms with Crippen molar-refractivity contribution in [3.05, 3.63) is 46.4 Å². The molecule has 0 unspecified atom stereocenters. The number of aromatic carboxylic acids is 1. The van der Waals surface area contributed by atoms with Crippen LogP contribution in [0.3, 0.4) is 0 Å². The fourth-order valence-electron chi connectivity index (χ4n) is 2.15. The van der Waals surface area contributed by atoms with E-state index in [-0.39, 0.29) is 10.5 Å². The summed E-state index contributed by atoms with van der Waals surface area (Å²) in [5.41, 5.74) is 0.208. The number of carbonyl (C=O) groups is 1. The Hall–Kier alpha value is -2.26. The van der Waals surface area contributed by atoms with Crippen LogP contribution in [-0.4, -0.2) is 40.8 Å². The largest absolute Gasteiger partial charge is 0.493 e. The second-order valence-corrected chi connectivity index (χ2v) is 7.78. The van der Waals surface area contributed by atoms with Crippen molar-refractivity contribution in [3.8, 4) is 11.5 Å². The molecule has 0 aromatic heterocycles. The molecule has 134 valence electrons. The third kappa shape index (κ3) is 3.72. The normalized spacial score (nSPS) is 11.0. The molecule has 0 bridgehead atoms. The number of sulfonamides is 1. The lowest BCUT2D eigenvalue weighted by atomic mass is 10.2. The molecule has 25 heavy (non-hydrogen) atoms. The molecular weight excluding hydrogens is 414 g/mol. The van der Waals surface area contributed by atoms with Crippen molar-refractivity contribution in [2.45, 2.75) is 4.90 Å². The van der Waals surface area contributed by atoms with Crippen molar-refractivity contribution < 1.29 is 27.8 Å². The lowest BCUT2D eigenvalue weighted by molar-refractivity contribution is 0.0695. The van der Waals surface area contributed by atoms with Crippen LogP contribution in [0.25, 0.3) is 0 Å². The fraction of sp³-hybridized carbons (Fsp3) is 0.188. The zero-order valence-electron chi connectivity index (χ0n) is 13.7. The average molecular weight is 430 g/mol. The van der Waals surface area contributed by atoms with E-state index in [2.05, 4.69) is 15.9 Å². The van der Waals surface area contributed by atoms with Gasteiger partial charge in [-0.1, -0.05) is 0 Å². The van der Waals surface area contributed by atoms with E-state index >= 15 is 0 Å². The molecule has 0 radical (unpaired) electrons. The second kappa shape index (κ2) is 7.32. The summed E-state index contributed by atoms with van der Waals surface area (Å²) in [5.74, 6) is -0.379. The summed E-state index contributed by atoms with van der Waals surface area (Å²) in [7, 11) is 0.345. The molecule has 2 aromatic carbocycles. The van der Waals surface area contributed by atoms with Crippen molar-refractivity contribution in [2.24, 2.45) is 0 Å². The monoisotopic (exact) mass is 429 g/mol. The van der Waals surface area contributed by atoms with Gasteiger partial charge in [0.25, 0.3) is 10.0 Å². The van der Waals surface area contributed by atoms with Crippen LogP contribution in [-0.2, 0) is 10.0 Å². The van der Waals surface area contributed by atoms with Crippen molar-refractivity contribution in [2.75, 3.05) is 25.6 Å². The summed E-state index contributed by atoms with van der Waals surface area (Å²) in [6.45, 7) is 0. The number of carboxylic acid groups (broad SMARTS) is 1. The molecule has 0 atom stereocenters. The van der Waals surface area contributed by atoms with Crippen molar-refractivity contribution in [1.82, 2.24) is 0 Å². The van der Waals surface area contributed by atoms with Gasteiger partial charge in [0.1, 0.15) is 0 Å². The molecule has 0 aliphatic heterocycles. The Morgan fingerprint density at radius 1 is 1.08 bits per heavy atom. The number of benzene rings is 2. The molecule has 0 saturated carbocycles. The number of hydrogen-bond acceptors (Lipinski definition) is 5. The zero-order chi connectivity index (χ0) is 18.8. The van der Waals surface area contributed by atoms with Crippen LogP contribution in [0.15, 0.2) is 45.8 Å². The van der Waals surface area contributed by atoms with Gasteiger partial charge in [0.2, 0.25) is 0 Å². The molecule has 0 fully saturated rings. The lowest BCUT2D eigenvalue weighted by Crippen LogP contribution is -2.26. The third-order valence-corrected chi connectivity index (χ3v) is 6.03. The number of ether oxygens (including phenoxy) is 2. The summed E-state index contributed by atoms with van der Waals surface area (Å²) >= 11 is 3.09. The van der Waals surface area contributed by atoms with E-state index in [0.717, 1.165) is 10.4 Å². The first-order valence-corrected chi connectivity index (χ1v) is 9.19. The summed E-state index contributed by atoms with van der Waals surface area (Å²) in [6, 6.07) is 8.51. The standard InChI is InChI=1S/C16H16BrNO6S/c1-18(10-4-7-14(23-2)15(8-10)24-3)25(21,22)11-5-6-13(17)12(9-11)16(19)20/h4-9H,1-3H3,(H,19,20). The van der Waals surface area contributed by atoms with Crippen molar-refractivity contribution in [3.63, 3.8) is 0 Å². The van der Waals surface area contributed by atoms with E-state index in [1.807, 2.05) is 0 Å².